The molecule has 2 amide bonds. The van der Waals surface area contributed by atoms with Gasteiger partial charge < -0.3 is 10.2 Å². The Hall–Kier alpha value is -3.07. The van der Waals surface area contributed by atoms with Crippen molar-refractivity contribution in [3.8, 4) is 0 Å². The number of amides is 2. The van der Waals surface area contributed by atoms with Crippen molar-refractivity contribution in [1.29, 1.82) is 0 Å². The van der Waals surface area contributed by atoms with Gasteiger partial charge in [-0.3, -0.25) is 13.9 Å². The summed E-state index contributed by atoms with van der Waals surface area (Å²) in [6.07, 6.45) is 1.76. The minimum Gasteiger partial charge on any atom is -0.352 e. The Kier molecular flexibility index (Phi) is 11.4. The second-order valence-electron chi connectivity index (χ2n) is 9.91. The van der Waals surface area contributed by atoms with Crippen LogP contribution >= 0.6 is 23.2 Å². The van der Waals surface area contributed by atoms with Crippen molar-refractivity contribution < 1.29 is 18.0 Å². The number of nitrogens with one attached hydrogen (secondary N) is 1. The first-order valence-corrected chi connectivity index (χ1v) is 15.7. The second kappa shape index (κ2) is 14.5. The van der Waals surface area contributed by atoms with Crippen LogP contribution in [0.15, 0.2) is 78.9 Å². The molecule has 1 atom stereocenters. The molecule has 10 heteroatoms. The molecular weight excluding hydrogens is 569 g/mol. The third kappa shape index (κ3) is 9.25. The van der Waals surface area contributed by atoms with E-state index in [4.69, 9.17) is 23.2 Å². The highest BCUT2D eigenvalue weighted by atomic mass is 35.5. The maximum atomic E-state index is 13.8. The summed E-state index contributed by atoms with van der Waals surface area (Å²) in [6, 6.07) is 22.5. The van der Waals surface area contributed by atoms with Gasteiger partial charge in [0.05, 0.1) is 22.0 Å². The molecule has 0 aliphatic rings. The molecular formula is C30H35Cl2N3O4S. The number of anilines is 1. The Labute approximate surface area is 247 Å². The number of rotatable bonds is 13. The molecule has 1 N–H and O–H groups in total. The standard InChI is InChI=1S/C30H35Cl2N3O4S/c1-22(2)33-30(37)28(20-23-11-6-4-7-12-23)34(21-24-16-17-26(31)27(32)19-24)29(36)15-10-18-35(40(3,38)39)25-13-8-5-9-14-25/h4-9,11-14,16-17,19,22,28H,10,15,18,20-21H2,1-3H3,(H,33,37)/t28-/m0/s1. The van der Waals surface area contributed by atoms with Gasteiger partial charge in [-0.2, -0.15) is 0 Å². The number of carbonyl (C=O) groups is 2. The van der Waals surface area contributed by atoms with Crippen molar-refractivity contribution in [2.45, 2.75) is 51.7 Å². The fourth-order valence-electron chi connectivity index (χ4n) is 4.37. The Morgan fingerprint density at radius 1 is 0.875 bits per heavy atom. The maximum Gasteiger partial charge on any atom is 0.243 e. The van der Waals surface area contributed by atoms with Crippen LogP contribution in [-0.2, 0) is 32.6 Å². The highest BCUT2D eigenvalue weighted by Crippen LogP contribution is 2.25. The van der Waals surface area contributed by atoms with Gasteiger partial charge in [0.25, 0.3) is 0 Å². The average molecular weight is 605 g/mol. The zero-order valence-corrected chi connectivity index (χ0v) is 25.2. The largest absolute Gasteiger partial charge is 0.352 e. The van der Waals surface area contributed by atoms with Crippen molar-refractivity contribution in [3.63, 3.8) is 0 Å². The van der Waals surface area contributed by atoms with Crippen LogP contribution in [0.4, 0.5) is 5.69 Å². The van der Waals surface area contributed by atoms with E-state index in [1.54, 1.807) is 47.4 Å². The molecule has 0 aliphatic heterocycles. The number of benzene rings is 3. The molecule has 214 valence electrons. The van der Waals surface area contributed by atoms with Crippen LogP contribution in [-0.4, -0.2) is 50.0 Å². The number of carbonyl (C=O) groups excluding carboxylic acids is 2. The highest BCUT2D eigenvalue weighted by Gasteiger charge is 2.31. The van der Waals surface area contributed by atoms with Crippen molar-refractivity contribution in [1.82, 2.24) is 10.2 Å². The lowest BCUT2D eigenvalue weighted by Gasteiger charge is -2.32. The van der Waals surface area contributed by atoms with Crippen LogP contribution in [0.25, 0.3) is 0 Å². The SMILES string of the molecule is CC(C)NC(=O)[C@H](Cc1ccccc1)N(Cc1ccc(Cl)c(Cl)c1)C(=O)CCCN(c1ccccc1)S(C)(=O)=O. The summed E-state index contributed by atoms with van der Waals surface area (Å²) in [4.78, 5) is 28.8. The highest BCUT2D eigenvalue weighted by molar-refractivity contribution is 7.92. The summed E-state index contributed by atoms with van der Waals surface area (Å²) in [5, 5.41) is 3.70. The van der Waals surface area contributed by atoms with Crippen LogP contribution in [0.5, 0.6) is 0 Å². The van der Waals surface area contributed by atoms with E-state index in [-0.39, 0.29) is 43.8 Å². The monoisotopic (exact) mass is 603 g/mol. The van der Waals surface area contributed by atoms with Crippen molar-refractivity contribution >= 4 is 50.7 Å². The van der Waals surface area contributed by atoms with E-state index in [1.165, 1.54) is 4.31 Å². The molecule has 0 aromatic heterocycles. The minimum atomic E-state index is -3.56. The lowest BCUT2D eigenvalue weighted by Crippen LogP contribution is -2.51. The number of hydrogen-bond donors (Lipinski definition) is 1. The number of sulfonamides is 1. The third-order valence-electron chi connectivity index (χ3n) is 6.24. The van der Waals surface area contributed by atoms with Gasteiger partial charge in [0, 0.05) is 32.0 Å². The molecule has 3 rings (SSSR count). The average Bonchev–Trinajstić information content (AvgIpc) is 2.90. The summed E-state index contributed by atoms with van der Waals surface area (Å²) in [6.45, 7) is 3.99. The van der Waals surface area contributed by atoms with Gasteiger partial charge >= 0.3 is 0 Å². The Balaban J connectivity index is 1.89. The van der Waals surface area contributed by atoms with Gasteiger partial charge in [-0.1, -0.05) is 77.8 Å². The smallest absolute Gasteiger partial charge is 0.243 e. The predicted octanol–water partition coefficient (Wildman–Crippen LogP) is 5.70. The number of nitrogens with zero attached hydrogens (tertiary/aromatic N) is 2. The van der Waals surface area contributed by atoms with E-state index in [2.05, 4.69) is 5.32 Å². The zero-order chi connectivity index (χ0) is 29.3. The van der Waals surface area contributed by atoms with Gasteiger partial charge in [0.2, 0.25) is 21.8 Å². The molecule has 0 spiro atoms. The quantitative estimate of drug-likeness (QED) is 0.271. The van der Waals surface area contributed by atoms with Gasteiger partial charge in [-0.15, -0.1) is 0 Å². The first-order chi connectivity index (χ1) is 19.0. The zero-order valence-electron chi connectivity index (χ0n) is 22.9. The minimum absolute atomic E-state index is 0.0421. The Bertz CT molecular complexity index is 1390. The van der Waals surface area contributed by atoms with E-state index in [0.29, 0.717) is 22.2 Å². The van der Waals surface area contributed by atoms with E-state index >= 15 is 0 Å². The molecule has 0 saturated carbocycles. The topological polar surface area (TPSA) is 86.8 Å². The summed E-state index contributed by atoms with van der Waals surface area (Å²) < 4.78 is 26.3. The lowest BCUT2D eigenvalue weighted by atomic mass is 10.0. The van der Waals surface area contributed by atoms with Crippen LogP contribution < -0.4 is 9.62 Å². The van der Waals surface area contributed by atoms with E-state index in [1.807, 2.05) is 50.2 Å². The Morgan fingerprint density at radius 2 is 1.50 bits per heavy atom. The molecule has 0 saturated heterocycles. The first kappa shape index (κ1) is 31.5. The van der Waals surface area contributed by atoms with Crippen molar-refractivity contribution in [2.24, 2.45) is 0 Å². The summed E-state index contributed by atoms with van der Waals surface area (Å²) in [7, 11) is -3.56. The normalized spacial score (nSPS) is 12.2. The molecule has 3 aromatic rings. The third-order valence-corrected chi connectivity index (χ3v) is 8.17. The molecule has 7 nitrogen and oxygen atoms in total. The molecule has 3 aromatic carbocycles. The maximum absolute atomic E-state index is 13.8. The molecule has 40 heavy (non-hydrogen) atoms. The fraction of sp³-hybridized carbons (Fsp3) is 0.333. The van der Waals surface area contributed by atoms with Crippen molar-refractivity contribution in [2.75, 3.05) is 17.1 Å². The van der Waals surface area contributed by atoms with Crippen LogP contribution in [0, 0.1) is 0 Å². The summed E-state index contributed by atoms with van der Waals surface area (Å²) in [5.41, 5.74) is 2.16. The number of para-hydroxylation sites is 1. The van der Waals surface area contributed by atoms with Crippen molar-refractivity contribution in [3.05, 3.63) is 100 Å². The van der Waals surface area contributed by atoms with Gasteiger partial charge in [0.1, 0.15) is 6.04 Å². The lowest BCUT2D eigenvalue weighted by molar-refractivity contribution is -0.141. The van der Waals surface area contributed by atoms with Gasteiger partial charge in [0.15, 0.2) is 0 Å². The summed E-state index contributed by atoms with van der Waals surface area (Å²) >= 11 is 12.4. The fourth-order valence-corrected chi connectivity index (χ4v) is 5.65. The molecule has 0 heterocycles. The Morgan fingerprint density at radius 3 is 2.08 bits per heavy atom. The van der Waals surface area contributed by atoms with E-state index < -0.39 is 16.1 Å². The van der Waals surface area contributed by atoms with Crippen LogP contribution in [0.3, 0.4) is 0 Å². The molecule has 0 aliphatic carbocycles. The van der Waals surface area contributed by atoms with Gasteiger partial charge in [-0.05, 0) is 55.7 Å². The molecule has 0 bridgehead atoms. The second-order valence-corrected chi connectivity index (χ2v) is 12.6. The summed E-state index contributed by atoms with van der Waals surface area (Å²) in [5.74, 6) is -0.540. The van der Waals surface area contributed by atoms with E-state index in [9.17, 15) is 18.0 Å². The first-order valence-electron chi connectivity index (χ1n) is 13.1. The molecule has 0 unspecified atom stereocenters. The predicted molar refractivity (Wildman–Crippen MR) is 162 cm³/mol. The molecule has 0 fully saturated rings. The number of halogens is 2. The number of hydrogen-bond acceptors (Lipinski definition) is 4. The molecule has 0 radical (unpaired) electrons. The van der Waals surface area contributed by atoms with E-state index in [0.717, 1.165) is 17.4 Å². The van der Waals surface area contributed by atoms with Gasteiger partial charge in [-0.25, -0.2) is 8.42 Å². The van der Waals surface area contributed by atoms with Crippen LogP contribution in [0.2, 0.25) is 10.0 Å². The van der Waals surface area contributed by atoms with Crippen LogP contribution in [0.1, 0.15) is 37.8 Å².